The Labute approximate surface area is 126 Å². The fraction of sp³-hybridized carbons (Fsp3) is 0.267. The average Bonchev–Trinajstić information content (AvgIpc) is 2.46. The molecule has 1 aromatic rings. The lowest BCUT2D eigenvalue weighted by Crippen LogP contribution is -2.19. The van der Waals surface area contributed by atoms with Crippen molar-refractivity contribution in [3.8, 4) is 5.75 Å². The number of rotatable bonds is 8. The summed E-state index contributed by atoms with van der Waals surface area (Å²) >= 11 is 0. The standard InChI is InChI=1S/C15H15FO6/c1-10(15(19)20)3-2-4-13(17)22-14(18)9-21-12-7-5-11(16)6-8-12/h5-8H,1-4,9H2,(H,19,20). The number of carboxylic acids is 1. The summed E-state index contributed by atoms with van der Waals surface area (Å²) in [5, 5.41) is 8.58. The molecule has 0 fully saturated rings. The molecule has 0 saturated carbocycles. The minimum Gasteiger partial charge on any atom is -0.482 e. The van der Waals surface area contributed by atoms with Gasteiger partial charge in [0.2, 0.25) is 0 Å². The number of hydrogen-bond donors (Lipinski definition) is 1. The van der Waals surface area contributed by atoms with E-state index >= 15 is 0 Å². The molecule has 118 valence electrons. The number of aliphatic carboxylic acids is 1. The van der Waals surface area contributed by atoms with Gasteiger partial charge in [0.15, 0.2) is 6.61 Å². The summed E-state index contributed by atoms with van der Waals surface area (Å²) < 4.78 is 22.1. The van der Waals surface area contributed by atoms with Crippen molar-refractivity contribution in [3.05, 3.63) is 42.2 Å². The van der Waals surface area contributed by atoms with Crippen molar-refractivity contribution in [2.75, 3.05) is 6.61 Å². The molecule has 1 rings (SSSR count). The van der Waals surface area contributed by atoms with Gasteiger partial charge < -0.3 is 14.6 Å². The highest BCUT2D eigenvalue weighted by atomic mass is 19.1. The summed E-state index contributed by atoms with van der Waals surface area (Å²) in [6, 6.07) is 5.01. The molecule has 0 unspecified atom stereocenters. The molecule has 0 amide bonds. The van der Waals surface area contributed by atoms with Crippen LogP contribution in [0.2, 0.25) is 0 Å². The van der Waals surface area contributed by atoms with E-state index in [9.17, 15) is 18.8 Å². The van der Waals surface area contributed by atoms with Crippen molar-refractivity contribution in [1.82, 2.24) is 0 Å². The van der Waals surface area contributed by atoms with Gasteiger partial charge in [-0.2, -0.15) is 0 Å². The number of carbonyl (C=O) groups excluding carboxylic acids is 2. The summed E-state index contributed by atoms with van der Waals surface area (Å²) in [5.41, 5.74) is -0.0150. The molecule has 22 heavy (non-hydrogen) atoms. The van der Waals surface area contributed by atoms with E-state index in [-0.39, 0.29) is 30.6 Å². The number of hydrogen-bond acceptors (Lipinski definition) is 5. The highest BCUT2D eigenvalue weighted by Crippen LogP contribution is 2.11. The molecule has 0 aromatic heterocycles. The second kappa shape index (κ2) is 8.56. The van der Waals surface area contributed by atoms with Gasteiger partial charge in [-0.1, -0.05) is 6.58 Å². The highest BCUT2D eigenvalue weighted by molar-refractivity contribution is 5.87. The molecule has 0 radical (unpaired) electrons. The maximum Gasteiger partial charge on any atom is 0.351 e. The van der Waals surface area contributed by atoms with E-state index in [0.717, 1.165) is 0 Å². The van der Waals surface area contributed by atoms with Crippen LogP contribution in [-0.2, 0) is 19.1 Å². The Morgan fingerprint density at radius 1 is 1.09 bits per heavy atom. The van der Waals surface area contributed by atoms with Crippen LogP contribution in [0.3, 0.4) is 0 Å². The van der Waals surface area contributed by atoms with Crippen molar-refractivity contribution in [3.63, 3.8) is 0 Å². The number of carbonyl (C=O) groups is 3. The molecule has 0 saturated heterocycles. The van der Waals surface area contributed by atoms with Crippen molar-refractivity contribution in [2.24, 2.45) is 0 Å². The van der Waals surface area contributed by atoms with Crippen molar-refractivity contribution < 1.29 is 33.4 Å². The van der Waals surface area contributed by atoms with Crippen LogP contribution in [0.15, 0.2) is 36.4 Å². The van der Waals surface area contributed by atoms with Crippen molar-refractivity contribution >= 4 is 17.9 Å². The molecule has 6 nitrogen and oxygen atoms in total. The zero-order chi connectivity index (χ0) is 16.5. The molecule has 0 atom stereocenters. The van der Waals surface area contributed by atoms with Crippen LogP contribution in [0.1, 0.15) is 19.3 Å². The van der Waals surface area contributed by atoms with E-state index in [1.165, 1.54) is 24.3 Å². The predicted molar refractivity (Wildman–Crippen MR) is 73.6 cm³/mol. The Hall–Kier alpha value is -2.70. The molecule has 0 aliphatic heterocycles. The lowest BCUT2D eigenvalue weighted by molar-refractivity contribution is -0.161. The first-order chi connectivity index (χ1) is 10.4. The van der Waals surface area contributed by atoms with Gasteiger partial charge in [0.25, 0.3) is 0 Å². The third-order valence-corrected chi connectivity index (χ3v) is 2.56. The van der Waals surface area contributed by atoms with Crippen LogP contribution in [0, 0.1) is 5.82 Å². The number of esters is 2. The van der Waals surface area contributed by atoms with Gasteiger partial charge in [0, 0.05) is 12.0 Å². The van der Waals surface area contributed by atoms with E-state index in [4.69, 9.17) is 9.84 Å². The first-order valence-electron chi connectivity index (χ1n) is 6.41. The molecule has 0 spiro atoms. The summed E-state index contributed by atoms with van der Waals surface area (Å²) in [7, 11) is 0. The molecule has 7 heteroatoms. The number of ether oxygens (including phenoxy) is 2. The molecule has 0 bridgehead atoms. The number of carboxylic acid groups (broad SMARTS) is 1. The van der Waals surface area contributed by atoms with Gasteiger partial charge >= 0.3 is 17.9 Å². The van der Waals surface area contributed by atoms with Gasteiger partial charge in [0.05, 0.1) is 0 Å². The SMILES string of the molecule is C=C(CCCC(=O)OC(=O)COc1ccc(F)cc1)C(=O)O. The minimum atomic E-state index is -1.13. The molecule has 0 aliphatic carbocycles. The van der Waals surface area contributed by atoms with Gasteiger partial charge in [-0.25, -0.2) is 14.0 Å². The topological polar surface area (TPSA) is 89.9 Å². The Morgan fingerprint density at radius 2 is 1.73 bits per heavy atom. The maximum absolute atomic E-state index is 12.6. The van der Waals surface area contributed by atoms with E-state index in [2.05, 4.69) is 11.3 Å². The minimum absolute atomic E-state index is 0.0150. The molecule has 0 heterocycles. The summed E-state index contributed by atoms with van der Waals surface area (Å²) in [5.74, 6) is -2.95. The van der Waals surface area contributed by atoms with Gasteiger partial charge in [-0.05, 0) is 37.1 Å². The Bertz CT molecular complexity index is 564. The number of halogens is 1. The molecular formula is C15H15FO6. The average molecular weight is 310 g/mol. The summed E-state index contributed by atoms with van der Waals surface area (Å²) in [6.45, 7) is 2.83. The highest BCUT2D eigenvalue weighted by Gasteiger charge is 2.12. The first-order valence-corrected chi connectivity index (χ1v) is 6.41. The molecular weight excluding hydrogens is 295 g/mol. The maximum atomic E-state index is 12.6. The van der Waals surface area contributed by atoms with Crippen LogP contribution >= 0.6 is 0 Å². The van der Waals surface area contributed by atoms with Crippen LogP contribution in [0.25, 0.3) is 0 Å². The van der Waals surface area contributed by atoms with E-state index < -0.39 is 30.3 Å². The van der Waals surface area contributed by atoms with Crippen molar-refractivity contribution in [1.29, 1.82) is 0 Å². The predicted octanol–water partition coefficient (Wildman–Crippen LogP) is 2.09. The Morgan fingerprint density at radius 3 is 2.32 bits per heavy atom. The Balaban J connectivity index is 2.23. The summed E-state index contributed by atoms with van der Waals surface area (Å²) in [6.07, 6.45) is 0.245. The van der Waals surface area contributed by atoms with E-state index in [0.29, 0.717) is 0 Å². The second-order valence-electron chi connectivity index (χ2n) is 4.35. The normalized spacial score (nSPS) is 9.86. The smallest absolute Gasteiger partial charge is 0.351 e. The quantitative estimate of drug-likeness (QED) is 0.449. The van der Waals surface area contributed by atoms with Gasteiger partial charge in [0.1, 0.15) is 11.6 Å². The van der Waals surface area contributed by atoms with Crippen LogP contribution in [-0.4, -0.2) is 29.6 Å². The summed E-state index contributed by atoms with van der Waals surface area (Å²) in [4.78, 5) is 33.2. The monoisotopic (exact) mass is 310 g/mol. The van der Waals surface area contributed by atoms with Crippen LogP contribution in [0.5, 0.6) is 5.75 Å². The molecule has 0 aliphatic rings. The second-order valence-corrected chi connectivity index (χ2v) is 4.35. The fourth-order valence-electron chi connectivity index (χ4n) is 1.43. The third-order valence-electron chi connectivity index (χ3n) is 2.56. The molecule has 1 N–H and O–H groups in total. The Kier molecular flexibility index (Phi) is 6.75. The van der Waals surface area contributed by atoms with E-state index in [1.807, 2.05) is 0 Å². The first kappa shape index (κ1) is 17.4. The molecule has 1 aromatic carbocycles. The van der Waals surface area contributed by atoms with Crippen LogP contribution in [0.4, 0.5) is 4.39 Å². The zero-order valence-electron chi connectivity index (χ0n) is 11.7. The van der Waals surface area contributed by atoms with Crippen LogP contribution < -0.4 is 4.74 Å². The lowest BCUT2D eigenvalue weighted by atomic mass is 10.1. The fourth-order valence-corrected chi connectivity index (χ4v) is 1.43. The third kappa shape index (κ3) is 6.65. The van der Waals surface area contributed by atoms with E-state index in [1.54, 1.807) is 0 Å². The number of benzene rings is 1. The van der Waals surface area contributed by atoms with Crippen molar-refractivity contribution in [2.45, 2.75) is 19.3 Å². The van der Waals surface area contributed by atoms with Gasteiger partial charge in [-0.15, -0.1) is 0 Å². The largest absolute Gasteiger partial charge is 0.482 e. The zero-order valence-corrected chi connectivity index (χ0v) is 11.7. The lowest BCUT2D eigenvalue weighted by Gasteiger charge is -2.06. The van der Waals surface area contributed by atoms with Gasteiger partial charge in [-0.3, -0.25) is 4.79 Å².